The first kappa shape index (κ1) is 22.5. The van der Waals surface area contributed by atoms with Crippen LogP contribution in [0.5, 0.6) is 0 Å². The van der Waals surface area contributed by atoms with Crippen LogP contribution in [0.3, 0.4) is 0 Å². The number of nitrogens with zero attached hydrogens (tertiary/aromatic N) is 6. The highest BCUT2D eigenvalue weighted by Crippen LogP contribution is 2.22. The molecule has 1 aromatic heterocycles. The lowest BCUT2D eigenvalue weighted by Crippen LogP contribution is -2.49. The van der Waals surface area contributed by atoms with Gasteiger partial charge in [0.15, 0.2) is 0 Å². The molecule has 8 heteroatoms. The van der Waals surface area contributed by atoms with Crippen LogP contribution in [0.4, 0.5) is 4.39 Å². The van der Waals surface area contributed by atoms with Crippen molar-refractivity contribution < 1.29 is 9.18 Å². The van der Waals surface area contributed by atoms with Crippen LogP contribution in [0.1, 0.15) is 41.4 Å². The van der Waals surface area contributed by atoms with Crippen LogP contribution in [0.2, 0.25) is 0 Å². The van der Waals surface area contributed by atoms with Gasteiger partial charge in [0, 0.05) is 38.3 Å². The Kier molecular flexibility index (Phi) is 7.38. The van der Waals surface area contributed by atoms with Gasteiger partial charge in [0.25, 0.3) is 0 Å². The zero-order valence-electron chi connectivity index (χ0n) is 18.0. The van der Waals surface area contributed by atoms with Gasteiger partial charge < -0.3 is 4.90 Å². The van der Waals surface area contributed by atoms with Crippen molar-refractivity contribution in [3.63, 3.8) is 0 Å². The summed E-state index contributed by atoms with van der Waals surface area (Å²) in [6.45, 7) is 6.82. The number of benzene rings is 1. The van der Waals surface area contributed by atoms with E-state index in [-0.39, 0.29) is 11.7 Å². The highest BCUT2D eigenvalue weighted by atomic mass is 19.1. The van der Waals surface area contributed by atoms with Crippen LogP contribution < -0.4 is 0 Å². The summed E-state index contributed by atoms with van der Waals surface area (Å²) in [6.07, 6.45) is 1.44. The van der Waals surface area contributed by atoms with E-state index in [4.69, 9.17) is 5.26 Å². The number of aryl methyl sites for hydroxylation is 2. The summed E-state index contributed by atoms with van der Waals surface area (Å²) in [7, 11) is 0. The lowest BCUT2D eigenvalue weighted by atomic mass is 10.0. The van der Waals surface area contributed by atoms with Gasteiger partial charge in [-0.15, -0.1) is 0 Å². The quantitative estimate of drug-likeness (QED) is 0.685. The summed E-state index contributed by atoms with van der Waals surface area (Å²) in [4.78, 5) is 16.6. The van der Waals surface area contributed by atoms with Crippen molar-refractivity contribution in [2.75, 3.05) is 26.2 Å². The fourth-order valence-electron chi connectivity index (χ4n) is 4.10. The van der Waals surface area contributed by atoms with Crippen LogP contribution in [0.25, 0.3) is 0 Å². The second kappa shape index (κ2) is 10.2. The Labute approximate surface area is 182 Å². The minimum absolute atomic E-state index is 0.0958. The Bertz CT molecular complexity index is 993. The fraction of sp³-hybridized carbons (Fsp3) is 0.478. The number of piperazine rings is 1. The third kappa shape index (κ3) is 5.28. The monoisotopic (exact) mass is 422 g/mol. The summed E-state index contributed by atoms with van der Waals surface area (Å²) in [5, 5.41) is 22.9. The summed E-state index contributed by atoms with van der Waals surface area (Å²) < 4.78 is 15.0. The van der Waals surface area contributed by atoms with Crippen molar-refractivity contribution in [1.82, 2.24) is 19.6 Å². The number of hydrogen-bond acceptors (Lipinski definition) is 5. The average molecular weight is 423 g/mol. The minimum Gasteiger partial charge on any atom is -0.340 e. The van der Waals surface area contributed by atoms with Gasteiger partial charge in [-0.05, 0) is 43.5 Å². The Morgan fingerprint density at radius 1 is 1.16 bits per heavy atom. The molecule has 0 N–H and O–H groups in total. The lowest BCUT2D eigenvalue weighted by Gasteiger charge is -2.37. The molecule has 2 aromatic rings. The molecule has 1 aliphatic heterocycles. The summed E-state index contributed by atoms with van der Waals surface area (Å²) in [5.41, 5.74) is 3.76. The molecule has 1 saturated heterocycles. The van der Waals surface area contributed by atoms with Crippen molar-refractivity contribution in [3.8, 4) is 12.1 Å². The largest absolute Gasteiger partial charge is 0.340 e. The van der Waals surface area contributed by atoms with Crippen molar-refractivity contribution in [2.45, 2.75) is 45.7 Å². The topological polar surface area (TPSA) is 88.9 Å². The number of aromatic nitrogens is 2. The Morgan fingerprint density at radius 3 is 2.45 bits per heavy atom. The number of hydrogen-bond donors (Lipinski definition) is 0. The number of carbonyl (C=O) groups is 1. The Morgan fingerprint density at radius 2 is 1.84 bits per heavy atom. The number of nitriles is 2. The SMILES string of the molecule is Cc1nn(CCC#N)c(C)c1CCC(=O)N1CCN(C(C#N)c2ccc(F)cc2)CC1. The molecule has 2 heterocycles. The Balaban J connectivity index is 1.54. The molecule has 0 saturated carbocycles. The highest BCUT2D eigenvalue weighted by Gasteiger charge is 2.27. The van der Waals surface area contributed by atoms with E-state index in [0.717, 1.165) is 22.5 Å². The van der Waals surface area contributed by atoms with Crippen molar-refractivity contribution in [3.05, 3.63) is 52.6 Å². The molecule has 1 aliphatic rings. The minimum atomic E-state index is -0.442. The molecule has 0 radical (unpaired) electrons. The summed E-state index contributed by atoms with van der Waals surface area (Å²) in [5.74, 6) is -0.226. The van der Waals surface area contributed by atoms with Gasteiger partial charge in [0.2, 0.25) is 5.91 Å². The van der Waals surface area contributed by atoms with E-state index < -0.39 is 6.04 Å². The number of halogens is 1. The number of amides is 1. The molecule has 1 aromatic carbocycles. The van der Waals surface area contributed by atoms with Gasteiger partial charge in [-0.1, -0.05) is 12.1 Å². The molecule has 1 atom stereocenters. The van der Waals surface area contributed by atoms with Crippen LogP contribution in [-0.2, 0) is 17.8 Å². The van der Waals surface area contributed by atoms with E-state index in [1.807, 2.05) is 28.3 Å². The van der Waals surface area contributed by atoms with Crippen molar-refractivity contribution in [1.29, 1.82) is 10.5 Å². The van der Waals surface area contributed by atoms with Gasteiger partial charge in [0.1, 0.15) is 11.9 Å². The van der Waals surface area contributed by atoms with E-state index in [9.17, 15) is 14.4 Å². The molecule has 0 aliphatic carbocycles. The maximum atomic E-state index is 13.2. The first-order valence-corrected chi connectivity index (χ1v) is 10.5. The molecule has 1 amide bonds. The van der Waals surface area contributed by atoms with E-state index in [1.54, 1.807) is 12.1 Å². The van der Waals surface area contributed by atoms with Crippen LogP contribution in [0.15, 0.2) is 24.3 Å². The summed E-state index contributed by atoms with van der Waals surface area (Å²) >= 11 is 0. The average Bonchev–Trinajstić information content (AvgIpc) is 3.05. The third-order valence-corrected chi connectivity index (χ3v) is 5.90. The maximum Gasteiger partial charge on any atom is 0.222 e. The third-order valence-electron chi connectivity index (χ3n) is 5.90. The predicted molar refractivity (Wildman–Crippen MR) is 113 cm³/mol. The molecule has 1 unspecified atom stereocenters. The molecule has 0 spiro atoms. The van der Waals surface area contributed by atoms with E-state index in [0.29, 0.717) is 52.0 Å². The predicted octanol–water partition coefficient (Wildman–Crippen LogP) is 2.89. The Hall–Kier alpha value is -3.23. The second-order valence-corrected chi connectivity index (χ2v) is 7.78. The standard InChI is InChI=1S/C23H27FN6O/c1-17-21(18(2)30(27-17)11-3-10-25)8-9-23(31)29-14-12-28(13-15-29)22(16-26)19-4-6-20(24)7-5-19/h4-7,22H,3,8-9,11-15H2,1-2H3. The number of rotatable bonds is 7. The van der Waals surface area contributed by atoms with Gasteiger partial charge in [0.05, 0.1) is 30.8 Å². The van der Waals surface area contributed by atoms with E-state index in [2.05, 4.69) is 17.2 Å². The van der Waals surface area contributed by atoms with Crippen LogP contribution in [-0.4, -0.2) is 51.7 Å². The molecule has 3 rings (SSSR count). The summed E-state index contributed by atoms with van der Waals surface area (Å²) in [6, 6.07) is 10.0. The molecule has 1 fully saturated rings. The fourth-order valence-corrected chi connectivity index (χ4v) is 4.10. The molecule has 162 valence electrons. The highest BCUT2D eigenvalue weighted by molar-refractivity contribution is 5.76. The van der Waals surface area contributed by atoms with Gasteiger partial charge in [-0.25, -0.2) is 4.39 Å². The van der Waals surface area contributed by atoms with Crippen LogP contribution >= 0.6 is 0 Å². The first-order chi connectivity index (χ1) is 14.9. The zero-order chi connectivity index (χ0) is 22.4. The normalized spacial score (nSPS) is 15.3. The van der Waals surface area contributed by atoms with E-state index in [1.165, 1.54) is 12.1 Å². The molecule has 7 nitrogen and oxygen atoms in total. The van der Waals surface area contributed by atoms with Crippen molar-refractivity contribution in [2.24, 2.45) is 0 Å². The lowest BCUT2D eigenvalue weighted by molar-refractivity contribution is -0.133. The van der Waals surface area contributed by atoms with Crippen LogP contribution in [0, 0.1) is 42.3 Å². The molecule has 0 bridgehead atoms. The smallest absolute Gasteiger partial charge is 0.222 e. The van der Waals surface area contributed by atoms with Crippen molar-refractivity contribution >= 4 is 5.91 Å². The van der Waals surface area contributed by atoms with Gasteiger partial charge in [-0.3, -0.25) is 14.4 Å². The zero-order valence-corrected chi connectivity index (χ0v) is 18.0. The number of carbonyl (C=O) groups excluding carboxylic acids is 1. The van der Waals surface area contributed by atoms with Gasteiger partial charge >= 0.3 is 0 Å². The first-order valence-electron chi connectivity index (χ1n) is 10.5. The molecular weight excluding hydrogens is 395 g/mol. The molecular formula is C23H27FN6O. The molecule has 31 heavy (non-hydrogen) atoms. The second-order valence-electron chi connectivity index (χ2n) is 7.78. The van der Waals surface area contributed by atoms with Gasteiger partial charge in [-0.2, -0.15) is 15.6 Å². The maximum absolute atomic E-state index is 13.2. The van der Waals surface area contributed by atoms with E-state index >= 15 is 0 Å².